The van der Waals surface area contributed by atoms with Gasteiger partial charge in [-0.1, -0.05) is 199 Å². The zero-order chi connectivity index (χ0) is 62.7. The molecule has 0 saturated heterocycles. The molecule has 348 valence electrons. The summed E-state index contributed by atoms with van der Waals surface area (Å²) in [6.07, 6.45) is 1.73. The van der Waals surface area contributed by atoms with Gasteiger partial charge in [-0.15, -0.1) is 29.3 Å². The van der Waals surface area contributed by atoms with E-state index >= 15 is 0 Å². The Kier molecular flexibility index (Phi) is 8.18. The third kappa shape index (κ3) is 9.89. The van der Waals surface area contributed by atoms with E-state index in [0.717, 1.165) is 33.9 Å². The molecule has 2 heterocycles. The number of hydrogen-bond donors (Lipinski definition) is 1. The molecule has 0 spiro atoms. The van der Waals surface area contributed by atoms with Crippen LogP contribution in [0.4, 0.5) is 0 Å². The van der Waals surface area contributed by atoms with Crippen LogP contribution in [-0.2, 0) is 48.1 Å². The van der Waals surface area contributed by atoms with Crippen LogP contribution in [0.5, 0.6) is 5.75 Å². The molecule has 5 heteroatoms. The van der Waals surface area contributed by atoms with Gasteiger partial charge < -0.3 is 5.11 Å². The molecule has 67 heavy (non-hydrogen) atoms. The van der Waals surface area contributed by atoms with E-state index in [4.69, 9.17) is 34.6 Å². The Morgan fingerprint density at radius 3 is 1.81 bits per heavy atom. The normalized spacial score (nSPS) is 17.7. The van der Waals surface area contributed by atoms with Gasteiger partial charge in [0.15, 0.2) is 0 Å². The molecular formula is C62H68N3OPt-. The van der Waals surface area contributed by atoms with Crippen LogP contribution in [0, 0.1) is 6.07 Å². The van der Waals surface area contributed by atoms with Crippen molar-refractivity contribution in [3.63, 3.8) is 0 Å². The van der Waals surface area contributed by atoms with E-state index in [1.54, 1.807) is 30.5 Å². The molecule has 6 aromatic carbocycles. The summed E-state index contributed by atoms with van der Waals surface area (Å²) >= 11 is 0. The molecule has 8 aromatic rings. The van der Waals surface area contributed by atoms with Gasteiger partial charge in [0.2, 0.25) is 0 Å². The molecule has 0 unspecified atom stereocenters. The Morgan fingerprint density at radius 2 is 1.13 bits per heavy atom. The average Bonchev–Trinajstić information content (AvgIpc) is 1.26. The first-order valence-corrected chi connectivity index (χ1v) is 22.1. The van der Waals surface area contributed by atoms with Gasteiger partial charge in [-0.25, -0.2) is 4.98 Å². The van der Waals surface area contributed by atoms with Crippen LogP contribution >= 0.6 is 0 Å². The van der Waals surface area contributed by atoms with Crippen LogP contribution in [0.1, 0.15) is 156 Å². The molecular weight excluding hydrogens is 998 g/mol. The summed E-state index contributed by atoms with van der Waals surface area (Å²) in [4.78, 5) is 10.1. The topological polar surface area (TPSA) is 50.9 Å². The maximum atomic E-state index is 13.1. The van der Waals surface area contributed by atoms with Crippen molar-refractivity contribution in [2.24, 2.45) is 0 Å². The molecule has 0 bridgehead atoms. The molecule has 0 aliphatic heterocycles. The first-order valence-electron chi connectivity index (χ1n) is 31.1. The number of phenolic OH excluding ortho intramolecular Hbond substituents is 1. The summed E-state index contributed by atoms with van der Waals surface area (Å²) < 4.78 is 160. The molecule has 0 fully saturated rings. The molecule has 0 aliphatic rings. The number of aromatic nitrogens is 3. The minimum Gasteiger partial charge on any atom is -0.507 e. The van der Waals surface area contributed by atoms with Crippen LogP contribution in [0.3, 0.4) is 0 Å². The number of rotatable bonds is 6. The van der Waals surface area contributed by atoms with Gasteiger partial charge in [-0.05, 0) is 90.8 Å². The predicted molar refractivity (Wildman–Crippen MR) is 280 cm³/mol. The van der Waals surface area contributed by atoms with Gasteiger partial charge in [0.05, 0.1) is 22.3 Å². The Hall–Kier alpha value is -5.57. The van der Waals surface area contributed by atoms with Gasteiger partial charge in [-0.3, -0.25) is 9.55 Å². The first-order chi connectivity index (χ1) is 38.3. The van der Waals surface area contributed by atoms with Crippen LogP contribution < -0.4 is 0 Å². The van der Waals surface area contributed by atoms with Crippen molar-refractivity contribution in [3.05, 3.63) is 167 Å². The van der Waals surface area contributed by atoms with E-state index in [1.165, 1.54) is 4.57 Å². The summed E-state index contributed by atoms with van der Waals surface area (Å²) in [5.41, 5.74) is -3.91. The number of hydrogen-bond acceptors (Lipinski definition) is 3. The summed E-state index contributed by atoms with van der Waals surface area (Å²) in [5, 5.41) is 13.1. The number of fused-ring (bicyclic) bond motifs is 1. The Labute approximate surface area is 440 Å². The van der Waals surface area contributed by atoms with E-state index in [2.05, 4.69) is 39.0 Å². The number of pyridine rings is 1. The zero-order valence-corrected chi connectivity index (χ0v) is 41.6. The Balaban J connectivity index is 0.0000104. The predicted octanol–water partition coefficient (Wildman–Crippen LogP) is 16.7. The Bertz CT molecular complexity index is 3720. The second-order valence-corrected chi connectivity index (χ2v) is 20.4. The third-order valence-electron chi connectivity index (χ3n) is 12.2. The van der Waals surface area contributed by atoms with Crippen molar-refractivity contribution in [1.29, 1.82) is 0 Å². The van der Waals surface area contributed by atoms with Gasteiger partial charge >= 0.3 is 0 Å². The summed E-state index contributed by atoms with van der Waals surface area (Å²) in [5.74, 6) is -1.77. The molecule has 8 rings (SSSR count). The third-order valence-corrected chi connectivity index (χ3v) is 12.2. The Morgan fingerprint density at radius 1 is 0.507 bits per heavy atom. The fourth-order valence-corrected chi connectivity index (χ4v) is 8.52. The number of nitrogens with zero attached hydrogens (tertiary/aromatic N) is 3. The van der Waals surface area contributed by atoms with Crippen LogP contribution in [-0.4, -0.2) is 19.6 Å². The van der Waals surface area contributed by atoms with E-state index in [1.807, 2.05) is 120 Å². The number of benzene rings is 6. The van der Waals surface area contributed by atoms with Crippen LogP contribution in [0.25, 0.3) is 72.7 Å². The maximum absolute atomic E-state index is 13.1. The van der Waals surface area contributed by atoms with Gasteiger partial charge in [0, 0.05) is 68.8 Å². The molecule has 0 amide bonds. The van der Waals surface area contributed by atoms with Crippen molar-refractivity contribution >= 4 is 11.0 Å². The van der Waals surface area contributed by atoms with E-state index in [9.17, 15) is 5.11 Å². The first kappa shape index (κ1) is 30.7. The minimum absolute atomic E-state index is 0. The molecule has 0 radical (unpaired) electrons. The second-order valence-electron chi connectivity index (χ2n) is 20.4. The van der Waals surface area contributed by atoms with Crippen LogP contribution in [0.2, 0.25) is 0 Å². The quantitative estimate of drug-likeness (QED) is 0.169. The molecule has 0 saturated carbocycles. The van der Waals surface area contributed by atoms with Crippen molar-refractivity contribution in [3.8, 4) is 67.5 Å². The van der Waals surface area contributed by atoms with Crippen molar-refractivity contribution in [2.45, 2.75) is 130 Å². The van der Waals surface area contributed by atoms with Crippen LogP contribution in [0.15, 0.2) is 134 Å². The number of imidazole rings is 1. The fourth-order valence-electron chi connectivity index (χ4n) is 8.52. The van der Waals surface area contributed by atoms with Gasteiger partial charge in [0.1, 0.15) is 11.6 Å². The number of aromatic hydroxyl groups is 1. The summed E-state index contributed by atoms with van der Waals surface area (Å²) in [6, 6.07) is 40.6. The smallest absolute Gasteiger partial charge is 0.148 e. The summed E-state index contributed by atoms with van der Waals surface area (Å²) in [7, 11) is 0. The standard InChI is InChI=1S/C62H68N3O.Pt/c1-58(2,3)43-28-29-53(48(36-43)39-22-17-16-18-23-39)65-54-27-21-25-47(55(54)64-57(65)49-37-45(60(7,8)9)38-51(56(49)66)62(13,14)15)41-32-42(34-44(33-41)59(4,5)6)52-35-40(30-31-63-52)46-24-19-20-26-50(46)61(10,11)12;/h16-31,33-38,66H,1-15H3;/q-1;/i7D3,8D3,9D3,13D3,14D3,15D3;. The maximum Gasteiger partial charge on any atom is 0.148 e. The van der Waals surface area contributed by atoms with Crippen molar-refractivity contribution in [2.75, 3.05) is 0 Å². The SMILES string of the molecule is [2H]C([2H])([2H])C(c1cc(-c2nc3c(-c4[c-]c(-c5cc(-c6ccccc6C(C)(C)C)ccn5)cc(C(C)(C)C)c4)cccc3n2-c2ccc(C(C)(C)C)cc2-c2ccccc2)c(O)c(C(C([2H])([2H])[2H])(C([2H])([2H])[2H])C([2H])([2H])[2H])c1)(C([2H])([2H])[2H])C([2H])([2H])[2H].[Pt]. The van der Waals surface area contributed by atoms with Gasteiger partial charge in [-0.2, -0.15) is 0 Å². The van der Waals surface area contributed by atoms with Crippen molar-refractivity contribution in [1.82, 2.24) is 14.5 Å². The average molecular weight is 1080 g/mol. The minimum atomic E-state index is -4.14. The van der Waals surface area contributed by atoms with E-state index in [-0.39, 0.29) is 37.5 Å². The molecule has 4 nitrogen and oxygen atoms in total. The number of phenols is 1. The fraction of sp³-hybridized carbons (Fsp3) is 0.323. The molecule has 0 aliphatic carbocycles. The van der Waals surface area contributed by atoms with Crippen molar-refractivity contribution < 1.29 is 50.8 Å². The monoisotopic (exact) mass is 1080 g/mol. The largest absolute Gasteiger partial charge is 0.507 e. The van der Waals surface area contributed by atoms with E-state index in [0.29, 0.717) is 45.3 Å². The second kappa shape index (κ2) is 17.8. The summed E-state index contributed by atoms with van der Waals surface area (Å²) in [6.45, 7) is -5.95. The zero-order valence-electron chi connectivity index (χ0n) is 57.3. The molecule has 2 aromatic heterocycles. The molecule has 1 N–H and O–H groups in total. The molecule has 0 atom stereocenters. The number of para-hydroxylation sites is 1. The van der Waals surface area contributed by atoms with Gasteiger partial charge in [0.25, 0.3) is 0 Å². The van der Waals surface area contributed by atoms with E-state index < -0.39 is 91.0 Å².